The second kappa shape index (κ2) is 4.34. The van der Waals surface area contributed by atoms with Gasteiger partial charge in [0, 0.05) is 11.1 Å². The first-order valence-electron chi connectivity index (χ1n) is 8.02. The van der Waals surface area contributed by atoms with E-state index in [9.17, 15) is 4.79 Å². The monoisotopic (exact) mass is 269 g/mol. The summed E-state index contributed by atoms with van der Waals surface area (Å²) in [5.41, 5.74) is 2.05. The molecule has 4 fully saturated rings. The van der Waals surface area contributed by atoms with Crippen molar-refractivity contribution in [2.75, 3.05) is 0 Å². The van der Waals surface area contributed by atoms with E-state index in [2.05, 4.69) is 5.32 Å². The Labute approximate surface area is 121 Å². The van der Waals surface area contributed by atoms with Crippen LogP contribution in [0.25, 0.3) is 0 Å². The van der Waals surface area contributed by atoms with Gasteiger partial charge >= 0.3 is 0 Å². The number of hydrogen-bond acceptors (Lipinski definition) is 1. The minimum Gasteiger partial charge on any atom is -0.347 e. The fourth-order valence-corrected chi connectivity index (χ4v) is 5.40. The number of carbonyl (C=O) groups excluding carboxylic acids is 1. The zero-order valence-corrected chi connectivity index (χ0v) is 12.2. The predicted octanol–water partition coefficient (Wildman–Crippen LogP) is 3.69. The Morgan fingerprint density at radius 3 is 2.15 bits per heavy atom. The molecule has 1 aromatic carbocycles. The van der Waals surface area contributed by atoms with Gasteiger partial charge in [0.15, 0.2) is 0 Å². The Balaban J connectivity index is 1.57. The number of benzene rings is 1. The summed E-state index contributed by atoms with van der Waals surface area (Å²) in [6.07, 6.45) is 7.91. The summed E-state index contributed by atoms with van der Waals surface area (Å²) in [5.74, 6) is 2.76. The van der Waals surface area contributed by atoms with E-state index >= 15 is 0 Å². The van der Waals surface area contributed by atoms with E-state index in [1.807, 2.05) is 31.2 Å². The van der Waals surface area contributed by atoms with E-state index in [-0.39, 0.29) is 11.4 Å². The summed E-state index contributed by atoms with van der Waals surface area (Å²) >= 11 is 0. The van der Waals surface area contributed by atoms with Crippen molar-refractivity contribution in [1.29, 1.82) is 0 Å². The van der Waals surface area contributed by atoms with Gasteiger partial charge in [0.05, 0.1) is 0 Å². The van der Waals surface area contributed by atoms with E-state index in [1.165, 1.54) is 38.5 Å². The van der Waals surface area contributed by atoms with Crippen LogP contribution in [0.5, 0.6) is 0 Å². The highest BCUT2D eigenvalue weighted by Crippen LogP contribution is 2.55. The molecule has 0 radical (unpaired) electrons. The highest BCUT2D eigenvalue weighted by molar-refractivity contribution is 5.96. The second-order valence-corrected chi connectivity index (χ2v) is 7.47. The molecule has 2 heteroatoms. The lowest BCUT2D eigenvalue weighted by Crippen LogP contribution is -2.59. The lowest BCUT2D eigenvalue weighted by atomic mass is 9.53. The van der Waals surface area contributed by atoms with Crippen molar-refractivity contribution in [3.8, 4) is 0 Å². The molecule has 0 unspecified atom stereocenters. The molecule has 0 spiro atoms. The van der Waals surface area contributed by atoms with Crippen LogP contribution in [0.4, 0.5) is 0 Å². The number of aryl methyl sites for hydroxylation is 1. The minimum absolute atomic E-state index is 0.119. The molecule has 4 aliphatic rings. The van der Waals surface area contributed by atoms with Gasteiger partial charge in [0.25, 0.3) is 5.91 Å². The first kappa shape index (κ1) is 12.4. The molecular formula is C18H23NO. The van der Waals surface area contributed by atoms with Crippen molar-refractivity contribution in [2.24, 2.45) is 17.8 Å². The lowest BCUT2D eigenvalue weighted by Gasteiger charge is -2.56. The van der Waals surface area contributed by atoms with Gasteiger partial charge in [-0.05, 0) is 74.8 Å². The third kappa shape index (κ3) is 1.97. The minimum atomic E-state index is 0.119. The molecule has 0 atom stereocenters. The average Bonchev–Trinajstić information content (AvgIpc) is 2.36. The van der Waals surface area contributed by atoms with Crippen LogP contribution in [0.2, 0.25) is 0 Å². The number of carbonyl (C=O) groups is 1. The molecule has 0 heterocycles. The molecule has 4 saturated carbocycles. The van der Waals surface area contributed by atoms with E-state index in [0.29, 0.717) is 0 Å². The zero-order chi connectivity index (χ0) is 13.7. The van der Waals surface area contributed by atoms with Crippen LogP contribution < -0.4 is 5.32 Å². The van der Waals surface area contributed by atoms with Crippen LogP contribution >= 0.6 is 0 Å². The number of nitrogens with one attached hydrogen (secondary N) is 1. The Bertz CT molecular complexity index is 513. The largest absolute Gasteiger partial charge is 0.347 e. The molecule has 4 aliphatic carbocycles. The first-order chi connectivity index (χ1) is 9.63. The maximum atomic E-state index is 12.6. The lowest BCUT2D eigenvalue weighted by molar-refractivity contribution is -0.0167. The van der Waals surface area contributed by atoms with Crippen LogP contribution in [-0.4, -0.2) is 11.4 Å². The fraction of sp³-hybridized carbons (Fsp3) is 0.611. The topological polar surface area (TPSA) is 29.1 Å². The normalized spacial score (nSPS) is 38.0. The van der Waals surface area contributed by atoms with Crippen molar-refractivity contribution in [1.82, 2.24) is 5.32 Å². The Morgan fingerprint density at radius 2 is 1.60 bits per heavy atom. The highest BCUT2D eigenvalue weighted by atomic mass is 16.1. The summed E-state index contributed by atoms with van der Waals surface area (Å²) < 4.78 is 0. The van der Waals surface area contributed by atoms with Crippen molar-refractivity contribution in [2.45, 2.75) is 51.0 Å². The van der Waals surface area contributed by atoms with Crippen molar-refractivity contribution >= 4 is 5.91 Å². The van der Waals surface area contributed by atoms with Gasteiger partial charge in [-0.25, -0.2) is 0 Å². The number of amides is 1. The van der Waals surface area contributed by atoms with E-state index < -0.39 is 0 Å². The molecule has 1 amide bonds. The third-order valence-electron chi connectivity index (χ3n) is 5.81. The quantitative estimate of drug-likeness (QED) is 0.871. The Morgan fingerprint density at radius 1 is 1.05 bits per heavy atom. The summed E-state index contributed by atoms with van der Waals surface area (Å²) in [6, 6.07) is 7.93. The standard InChI is InChI=1S/C18H23NO/c1-12-4-2-3-5-16(12)17(20)19-18-9-13-6-14(10-18)8-15(7-13)11-18/h2-5,13-15H,6-11H2,1H3,(H,19,20). The molecule has 20 heavy (non-hydrogen) atoms. The molecule has 106 valence electrons. The van der Waals surface area contributed by atoms with Crippen molar-refractivity contribution < 1.29 is 4.79 Å². The third-order valence-corrected chi connectivity index (χ3v) is 5.81. The summed E-state index contributed by atoms with van der Waals surface area (Å²) in [7, 11) is 0. The smallest absolute Gasteiger partial charge is 0.251 e. The van der Waals surface area contributed by atoms with Gasteiger partial charge in [-0.3, -0.25) is 4.79 Å². The molecule has 4 bridgehead atoms. The molecular weight excluding hydrogens is 246 g/mol. The highest BCUT2D eigenvalue weighted by Gasteiger charge is 2.51. The SMILES string of the molecule is Cc1ccccc1C(=O)NC12CC3CC(CC(C3)C1)C2. The van der Waals surface area contributed by atoms with Gasteiger partial charge in [-0.1, -0.05) is 18.2 Å². The Kier molecular flexibility index (Phi) is 2.70. The summed E-state index contributed by atoms with van der Waals surface area (Å²) in [4.78, 5) is 12.6. The van der Waals surface area contributed by atoms with Crippen LogP contribution in [0.15, 0.2) is 24.3 Å². The summed E-state index contributed by atoms with van der Waals surface area (Å²) in [6.45, 7) is 2.02. The first-order valence-corrected chi connectivity index (χ1v) is 8.02. The van der Waals surface area contributed by atoms with Crippen molar-refractivity contribution in [3.05, 3.63) is 35.4 Å². The molecule has 5 rings (SSSR count). The summed E-state index contributed by atoms with van der Waals surface area (Å²) in [5, 5.41) is 3.44. The maximum Gasteiger partial charge on any atom is 0.251 e. The maximum absolute atomic E-state index is 12.6. The van der Waals surface area contributed by atoms with Gasteiger partial charge in [0.2, 0.25) is 0 Å². The van der Waals surface area contributed by atoms with E-state index in [0.717, 1.165) is 28.9 Å². The molecule has 2 nitrogen and oxygen atoms in total. The number of rotatable bonds is 2. The van der Waals surface area contributed by atoms with Gasteiger partial charge in [-0.2, -0.15) is 0 Å². The molecule has 0 aromatic heterocycles. The second-order valence-electron chi connectivity index (χ2n) is 7.47. The van der Waals surface area contributed by atoms with Gasteiger partial charge < -0.3 is 5.32 Å². The van der Waals surface area contributed by atoms with Crippen LogP contribution in [-0.2, 0) is 0 Å². The van der Waals surface area contributed by atoms with Crippen molar-refractivity contribution in [3.63, 3.8) is 0 Å². The predicted molar refractivity (Wildman–Crippen MR) is 79.5 cm³/mol. The molecule has 0 aliphatic heterocycles. The van der Waals surface area contributed by atoms with E-state index in [1.54, 1.807) is 0 Å². The number of hydrogen-bond donors (Lipinski definition) is 1. The Hall–Kier alpha value is -1.31. The van der Waals surface area contributed by atoms with Crippen LogP contribution in [0.3, 0.4) is 0 Å². The average molecular weight is 269 g/mol. The van der Waals surface area contributed by atoms with Crippen LogP contribution in [0.1, 0.15) is 54.4 Å². The molecule has 1 N–H and O–H groups in total. The molecule has 1 aromatic rings. The van der Waals surface area contributed by atoms with Gasteiger partial charge in [0.1, 0.15) is 0 Å². The van der Waals surface area contributed by atoms with Gasteiger partial charge in [-0.15, -0.1) is 0 Å². The zero-order valence-electron chi connectivity index (χ0n) is 12.2. The van der Waals surface area contributed by atoms with E-state index in [4.69, 9.17) is 0 Å². The fourth-order valence-electron chi connectivity index (χ4n) is 5.40. The molecule has 0 saturated heterocycles. The van der Waals surface area contributed by atoms with Crippen LogP contribution in [0, 0.1) is 24.7 Å².